The summed E-state index contributed by atoms with van der Waals surface area (Å²) in [5.74, 6) is 0.596. The minimum Gasteiger partial charge on any atom is -0.454 e. The molecular formula is C29H36FN5O5. The minimum atomic E-state index is -0.464. The molecule has 3 heterocycles. The van der Waals surface area contributed by atoms with Crippen LogP contribution in [0.5, 0.6) is 11.5 Å². The van der Waals surface area contributed by atoms with Gasteiger partial charge in [-0.1, -0.05) is 18.2 Å². The molecule has 1 fully saturated rings. The second-order valence-corrected chi connectivity index (χ2v) is 11.2. The Hall–Kier alpha value is -3.70. The predicted molar refractivity (Wildman–Crippen MR) is 147 cm³/mol. The maximum absolute atomic E-state index is 13.9. The highest BCUT2D eigenvalue weighted by molar-refractivity contribution is 6.03. The van der Waals surface area contributed by atoms with Gasteiger partial charge in [-0.25, -0.2) is 14.2 Å². The van der Waals surface area contributed by atoms with Crippen molar-refractivity contribution in [2.45, 2.75) is 38.8 Å². The van der Waals surface area contributed by atoms with Gasteiger partial charge in [-0.3, -0.25) is 9.69 Å². The number of carbonyl (C=O) groups is 2. The summed E-state index contributed by atoms with van der Waals surface area (Å²) in [7, 11) is 0. The summed E-state index contributed by atoms with van der Waals surface area (Å²) in [5.41, 5.74) is 1.76. The molecule has 11 heteroatoms. The molecule has 10 nitrogen and oxygen atoms in total. The fourth-order valence-corrected chi connectivity index (χ4v) is 4.91. The largest absolute Gasteiger partial charge is 0.454 e. The van der Waals surface area contributed by atoms with E-state index in [1.54, 1.807) is 17.0 Å². The van der Waals surface area contributed by atoms with E-state index in [4.69, 9.17) is 19.3 Å². The summed E-state index contributed by atoms with van der Waals surface area (Å²) in [6.07, 6.45) is 0.430. The molecule has 0 bridgehead atoms. The molecule has 3 amide bonds. The van der Waals surface area contributed by atoms with Crippen molar-refractivity contribution in [2.75, 3.05) is 52.7 Å². The molecule has 0 aromatic heterocycles. The number of ether oxygens (including phenoxy) is 3. The van der Waals surface area contributed by atoms with Crippen molar-refractivity contribution in [1.82, 2.24) is 20.1 Å². The number of nitrogens with zero attached hydrogens (tertiary/aromatic N) is 4. The van der Waals surface area contributed by atoms with Crippen LogP contribution in [0.3, 0.4) is 0 Å². The predicted octanol–water partition coefficient (Wildman–Crippen LogP) is 3.37. The number of urea groups is 1. The molecule has 0 radical (unpaired) electrons. The normalized spacial score (nSPS) is 18.9. The molecule has 1 N–H and O–H groups in total. The Labute approximate surface area is 233 Å². The van der Waals surface area contributed by atoms with Crippen molar-refractivity contribution in [3.63, 3.8) is 0 Å². The molecule has 3 aliphatic heterocycles. The number of halogens is 1. The molecule has 2 aromatic carbocycles. The van der Waals surface area contributed by atoms with Gasteiger partial charge in [0, 0.05) is 38.1 Å². The van der Waals surface area contributed by atoms with Gasteiger partial charge in [-0.2, -0.15) is 5.10 Å². The molecule has 1 atom stereocenters. The second-order valence-electron chi connectivity index (χ2n) is 11.2. The Balaban J connectivity index is 1.39. The summed E-state index contributed by atoms with van der Waals surface area (Å²) >= 11 is 0. The Morgan fingerprint density at radius 2 is 1.80 bits per heavy atom. The van der Waals surface area contributed by atoms with E-state index < -0.39 is 11.6 Å². The lowest BCUT2D eigenvalue weighted by atomic mass is 9.98. The molecule has 5 rings (SSSR count). The highest BCUT2D eigenvalue weighted by Gasteiger charge is 2.35. The standard InChI is InChI=1S/C29H36FN5O5/c1-29(2,3)31-28(37)34(11-10-33-12-14-38-15-13-33)18-27(36)35-24(21-6-9-25-26(16-21)40-19-39-25)17-23(32-35)20-4-7-22(30)8-5-20/h4-9,16,24H,10-15,17-19H2,1-3H3,(H,31,37)/t24-/m0/s1. The third kappa shape index (κ3) is 6.71. The van der Waals surface area contributed by atoms with Crippen LogP contribution in [-0.4, -0.2) is 90.7 Å². The van der Waals surface area contributed by atoms with Gasteiger partial charge in [-0.05, 0) is 56.2 Å². The first-order valence-electron chi connectivity index (χ1n) is 13.6. The minimum absolute atomic E-state index is 0.143. The van der Waals surface area contributed by atoms with Crippen LogP contribution in [0, 0.1) is 5.82 Å². The number of fused-ring (bicyclic) bond motifs is 1. The van der Waals surface area contributed by atoms with Crippen molar-refractivity contribution in [2.24, 2.45) is 5.10 Å². The van der Waals surface area contributed by atoms with Gasteiger partial charge in [0.15, 0.2) is 11.5 Å². The van der Waals surface area contributed by atoms with E-state index in [0.717, 1.165) is 24.2 Å². The van der Waals surface area contributed by atoms with Gasteiger partial charge < -0.3 is 24.4 Å². The van der Waals surface area contributed by atoms with Crippen molar-refractivity contribution in [3.05, 3.63) is 59.4 Å². The molecule has 1 saturated heterocycles. The summed E-state index contributed by atoms with van der Waals surface area (Å²) in [6.45, 7) is 9.59. The highest BCUT2D eigenvalue weighted by Crippen LogP contribution is 2.39. The number of morpholine rings is 1. The van der Waals surface area contributed by atoms with Gasteiger partial charge >= 0.3 is 6.03 Å². The first kappa shape index (κ1) is 27.9. The topological polar surface area (TPSA) is 95.9 Å². The fourth-order valence-electron chi connectivity index (χ4n) is 4.91. The van der Waals surface area contributed by atoms with Crippen LogP contribution in [0.25, 0.3) is 0 Å². The molecule has 3 aliphatic rings. The van der Waals surface area contributed by atoms with E-state index >= 15 is 0 Å². The first-order chi connectivity index (χ1) is 19.2. The number of hydrazone groups is 1. The highest BCUT2D eigenvalue weighted by atomic mass is 19.1. The molecule has 40 heavy (non-hydrogen) atoms. The molecular weight excluding hydrogens is 517 g/mol. The van der Waals surface area contributed by atoms with E-state index in [1.807, 2.05) is 39.0 Å². The lowest BCUT2D eigenvalue weighted by Gasteiger charge is -2.32. The van der Waals surface area contributed by atoms with Crippen molar-refractivity contribution in [3.8, 4) is 11.5 Å². The Morgan fingerprint density at radius 1 is 1.07 bits per heavy atom. The van der Waals surface area contributed by atoms with Crippen LogP contribution in [-0.2, 0) is 9.53 Å². The van der Waals surface area contributed by atoms with Crippen LogP contribution >= 0.6 is 0 Å². The molecule has 0 saturated carbocycles. The van der Waals surface area contributed by atoms with E-state index in [9.17, 15) is 14.0 Å². The quantitative estimate of drug-likeness (QED) is 0.565. The van der Waals surface area contributed by atoms with Gasteiger partial charge in [0.1, 0.15) is 12.4 Å². The average Bonchev–Trinajstić information content (AvgIpc) is 3.58. The van der Waals surface area contributed by atoms with E-state index in [-0.39, 0.29) is 31.1 Å². The lowest BCUT2D eigenvalue weighted by molar-refractivity contribution is -0.133. The van der Waals surface area contributed by atoms with Crippen molar-refractivity contribution >= 4 is 17.6 Å². The van der Waals surface area contributed by atoms with Gasteiger partial charge in [0.2, 0.25) is 6.79 Å². The van der Waals surface area contributed by atoms with Crippen LogP contribution in [0.2, 0.25) is 0 Å². The van der Waals surface area contributed by atoms with E-state index in [1.165, 1.54) is 17.1 Å². The summed E-state index contributed by atoms with van der Waals surface area (Å²) in [4.78, 5) is 30.9. The van der Waals surface area contributed by atoms with Crippen molar-refractivity contribution in [1.29, 1.82) is 0 Å². The van der Waals surface area contributed by atoms with Crippen LogP contribution in [0.4, 0.5) is 9.18 Å². The Kier molecular flexibility index (Phi) is 8.22. The number of hydrogen-bond acceptors (Lipinski definition) is 7. The monoisotopic (exact) mass is 553 g/mol. The number of benzene rings is 2. The first-order valence-corrected chi connectivity index (χ1v) is 13.6. The van der Waals surface area contributed by atoms with Crippen molar-refractivity contribution < 1.29 is 28.2 Å². The molecule has 0 aliphatic carbocycles. The smallest absolute Gasteiger partial charge is 0.318 e. The summed E-state index contributed by atoms with van der Waals surface area (Å²) in [5, 5.41) is 9.13. The number of carbonyl (C=O) groups excluding carboxylic acids is 2. The zero-order chi connectivity index (χ0) is 28.3. The summed E-state index contributed by atoms with van der Waals surface area (Å²) < 4.78 is 30.1. The van der Waals surface area contributed by atoms with E-state index in [0.29, 0.717) is 49.9 Å². The van der Waals surface area contributed by atoms with Crippen LogP contribution in [0.1, 0.15) is 44.4 Å². The summed E-state index contributed by atoms with van der Waals surface area (Å²) in [6, 6.07) is 10.9. The maximum atomic E-state index is 13.9. The second kappa shape index (κ2) is 11.8. The zero-order valence-corrected chi connectivity index (χ0v) is 23.2. The van der Waals surface area contributed by atoms with Crippen LogP contribution in [0.15, 0.2) is 47.6 Å². The SMILES string of the molecule is CC(C)(C)NC(=O)N(CCN1CCOCC1)CC(=O)N1N=C(c2ccc(F)cc2)C[C@H]1c1ccc2c(c1)OCO2. The van der Waals surface area contributed by atoms with E-state index in [2.05, 4.69) is 10.2 Å². The Bertz CT molecular complexity index is 1260. The van der Waals surface area contributed by atoms with Crippen LogP contribution < -0.4 is 14.8 Å². The number of amides is 3. The molecule has 0 spiro atoms. The molecule has 214 valence electrons. The fraction of sp³-hybridized carbons (Fsp3) is 0.483. The number of nitrogens with one attached hydrogen (secondary N) is 1. The lowest BCUT2D eigenvalue weighted by Crippen LogP contribution is -2.53. The molecule has 0 unspecified atom stereocenters. The molecule has 2 aromatic rings. The third-order valence-electron chi connectivity index (χ3n) is 7.01. The van der Waals surface area contributed by atoms with Gasteiger partial charge in [-0.15, -0.1) is 0 Å². The van der Waals surface area contributed by atoms with Gasteiger partial charge in [0.05, 0.1) is 25.0 Å². The average molecular weight is 554 g/mol. The third-order valence-corrected chi connectivity index (χ3v) is 7.01. The Morgan fingerprint density at radius 3 is 2.52 bits per heavy atom. The maximum Gasteiger partial charge on any atom is 0.318 e. The zero-order valence-electron chi connectivity index (χ0n) is 23.2. The van der Waals surface area contributed by atoms with Gasteiger partial charge in [0.25, 0.3) is 5.91 Å². The number of hydrogen-bond donors (Lipinski definition) is 1. The number of rotatable bonds is 7.